The topological polar surface area (TPSA) is 80.3 Å². The molecule has 0 saturated heterocycles. The number of rotatable bonds is 26. The zero-order chi connectivity index (χ0) is 31.0. The third-order valence-corrected chi connectivity index (χ3v) is 6.68. The van der Waals surface area contributed by atoms with E-state index in [0.717, 1.165) is 38.5 Å². The minimum absolute atomic E-state index is 0. The molecule has 244 valence electrons. The Morgan fingerprint density at radius 1 is 0.390 bits per heavy atom. The minimum atomic E-state index is -0.913. The van der Waals surface area contributed by atoms with Gasteiger partial charge in [0.05, 0.1) is 0 Å². The van der Waals surface area contributed by atoms with Crippen molar-refractivity contribution in [1.29, 1.82) is 0 Å². The van der Waals surface area contributed by atoms with Gasteiger partial charge in [-0.25, -0.2) is 0 Å². The van der Waals surface area contributed by atoms with E-state index in [1.54, 1.807) is 0 Å². The molecule has 0 heterocycles. The van der Waals surface area contributed by atoms with Crippen molar-refractivity contribution in [3.63, 3.8) is 0 Å². The molecule has 0 aromatic heterocycles. The van der Waals surface area contributed by atoms with Gasteiger partial charge in [0.1, 0.15) is 0 Å². The minimum Gasteiger partial charge on any atom is -0.550 e. The van der Waals surface area contributed by atoms with E-state index in [-0.39, 0.29) is 36.7 Å². The van der Waals surface area contributed by atoms with Gasteiger partial charge in [-0.1, -0.05) is 196 Å². The van der Waals surface area contributed by atoms with Crippen LogP contribution in [-0.4, -0.2) is 35.8 Å². The van der Waals surface area contributed by atoms with Crippen molar-refractivity contribution < 1.29 is 19.8 Å². The first-order valence-corrected chi connectivity index (χ1v) is 17.4. The van der Waals surface area contributed by atoms with Gasteiger partial charge in [0.2, 0.25) is 0 Å². The van der Waals surface area contributed by atoms with Gasteiger partial charge in [0.15, 0.2) is 0 Å². The number of unbranched alkanes of at least 4 members (excludes halogenated alkanes) is 22. The summed E-state index contributed by atoms with van der Waals surface area (Å²) in [5.41, 5.74) is 0. The van der Waals surface area contributed by atoms with E-state index in [4.69, 9.17) is 0 Å². The molecule has 41 heavy (non-hydrogen) atoms. The number of hydrogen-bond donors (Lipinski definition) is 0. The molecule has 0 aliphatic rings. The second-order valence-corrected chi connectivity index (χ2v) is 11.0. The monoisotopic (exact) mass is 688 g/mol. The number of carboxylic acids is 2. The van der Waals surface area contributed by atoms with Crippen molar-refractivity contribution in [3.05, 3.63) is 13.8 Å². The van der Waals surface area contributed by atoms with Crippen LogP contribution >= 0.6 is 0 Å². The zero-order valence-electron chi connectivity index (χ0n) is 28.3. The van der Waals surface area contributed by atoms with Crippen LogP contribution in [0.3, 0.4) is 0 Å². The van der Waals surface area contributed by atoms with Crippen LogP contribution in [0.2, 0.25) is 0 Å². The molecule has 0 amide bonds. The summed E-state index contributed by atoms with van der Waals surface area (Å²) >= 11 is 0. The van der Waals surface area contributed by atoms with Gasteiger partial charge >= 0.3 is 23.9 Å². The van der Waals surface area contributed by atoms with Crippen LogP contribution in [0.15, 0.2) is 0 Å². The summed E-state index contributed by atoms with van der Waals surface area (Å²) in [6.45, 7) is 16.4. The van der Waals surface area contributed by atoms with Crippen LogP contribution in [-0.2, 0) is 9.59 Å². The number of carboxylic acid groups (broad SMARTS) is 2. The van der Waals surface area contributed by atoms with Crippen LogP contribution in [0.5, 0.6) is 0 Å². The van der Waals surface area contributed by atoms with Crippen molar-refractivity contribution in [1.82, 2.24) is 0 Å². The van der Waals surface area contributed by atoms with Crippen molar-refractivity contribution in [2.75, 3.05) is 0 Å². The van der Waals surface area contributed by atoms with Crippen LogP contribution in [0.1, 0.15) is 207 Å². The number of aliphatic carboxylic acids is 2. The van der Waals surface area contributed by atoms with E-state index in [0.29, 0.717) is 0 Å². The number of carbonyl (C=O) groups excluding carboxylic acids is 2. The molecule has 0 unspecified atom stereocenters. The van der Waals surface area contributed by atoms with E-state index in [2.05, 4.69) is 41.5 Å². The molecule has 0 fully saturated rings. The molecule has 0 bridgehead atoms. The maximum absolute atomic E-state index is 10.0. The molecule has 0 aliphatic carbocycles. The summed E-state index contributed by atoms with van der Waals surface area (Å²) in [6, 6.07) is 0. The number of carbonyl (C=O) groups is 2. The van der Waals surface area contributed by atoms with Crippen molar-refractivity contribution in [2.45, 2.75) is 207 Å². The molecule has 0 aromatic rings. The SMILES string of the molecule is CCCCCCCCCC(=O)[O-].CCCCCCCCCC(=O)[O-].[CH2]CCCCCCC.[CH2]CCCCCCC.[Sn+2]. The first-order valence-electron chi connectivity index (χ1n) is 17.4. The molecule has 0 N–H and O–H groups in total. The van der Waals surface area contributed by atoms with Gasteiger partial charge in [-0.2, -0.15) is 0 Å². The Hall–Kier alpha value is -0.261. The first kappa shape index (κ1) is 50.4. The van der Waals surface area contributed by atoms with Crippen LogP contribution < -0.4 is 10.2 Å². The fourth-order valence-corrected chi connectivity index (χ4v) is 4.01. The Labute approximate surface area is 276 Å². The average molecular weight is 688 g/mol. The fraction of sp³-hybridized carbons (Fsp3) is 0.889. The standard InChI is InChI=1S/2C10H20O2.2C8H17.Sn/c2*1-2-3-4-5-6-7-8-9-10(11)12;2*1-3-5-7-8-6-4-2;/h2*2-9H2,1H3,(H,11,12);2*1,3-8H2,2H3;/q;;;;+2/p-2. The second-order valence-electron chi connectivity index (χ2n) is 11.0. The summed E-state index contributed by atoms with van der Waals surface area (Å²) in [7, 11) is 0. The van der Waals surface area contributed by atoms with Crippen molar-refractivity contribution in [2.24, 2.45) is 0 Å². The van der Waals surface area contributed by atoms with Gasteiger partial charge in [0, 0.05) is 11.9 Å². The molecule has 5 heteroatoms. The summed E-state index contributed by atoms with van der Waals surface area (Å²) in [4.78, 5) is 20.0. The quantitative estimate of drug-likeness (QED) is 0.0670. The van der Waals surface area contributed by atoms with Gasteiger partial charge in [0.25, 0.3) is 0 Å². The Kier molecular flexibility index (Phi) is 64.4. The maximum atomic E-state index is 10.0. The smallest absolute Gasteiger partial charge is 0.550 e. The largest absolute Gasteiger partial charge is 2.00 e. The molecule has 4 radical (unpaired) electrons. The molecule has 0 atom stereocenters. The van der Waals surface area contributed by atoms with E-state index >= 15 is 0 Å². The van der Waals surface area contributed by atoms with E-state index in [1.807, 2.05) is 0 Å². The molecule has 0 rings (SSSR count). The van der Waals surface area contributed by atoms with Gasteiger partial charge < -0.3 is 19.8 Å². The molecule has 0 saturated carbocycles. The summed E-state index contributed by atoms with van der Waals surface area (Å²) in [5, 5.41) is 20.0. The third kappa shape index (κ3) is 73.6. The molecule has 0 spiro atoms. The predicted molar refractivity (Wildman–Crippen MR) is 178 cm³/mol. The Morgan fingerprint density at radius 2 is 0.585 bits per heavy atom. The number of hydrogen-bond acceptors (Lipinski definition) is 4. The molecule has 0 aromatic carbocycles. The normalized spacial score (nSPS) is 9.71. The van der Waals surface area contributed by atoms with Crippen LogP contribution in [0.4, 0.5) is 0 Å². The second kappa shape index (κ2) is 52.4. The van der Waals surface area contributed by atoms with Crippen molar-refractivity contribution in [3.8, 4) is 0 Å². The summed E-state index contributed by atoms with van der Waals surface area (Å²) in [5.74, 6) is -1.83. The maximum Gasteiger partial charge on any atom is 2.00 e. The van der Waals surface area contributed by atoms with Crippen LogP contribution in [0, 0.1) is 13.8 Å². The van der Waals surface area contributed by atoms with E-state index in [1.165, 1.54) is 128 Å². The molecular weight excluding hydrogens is 615 g/mol. The van der Waals surface area contributed by atoms with Gasteiger partial charge in [-0.05, 0) is 25.7 Å². The summed E-state index contributed by atoms with van der Waals surface area (Å²) < 4.78 is 0. The van der Waals surface area contributed by atoms with Crippen LogP contribution in [0.25, 0.3) is 0 Å². The van der Waals surface area contributed by atoms with E-state index in [9.17, 15) is 19.8 Å². The molecule has 0 aliphatic heterocycles. The Morgan fingerprint density at radius 3 is 0.780 bits per heavy atom. The summed E-state index contributed by atoms with van der Waals surface area (Å²) in [6.07, 6.45) is 32.6. The zero-order valence-corrected chi connectivity index (χ0v) is 31.2. The van der Waals surface area contributed by atoms with E-state index < -0.39 is 11.9 Å². The first-order chi connectivity index (χ1) is 19.4. The van der Waals surface area contributed by atoms with Gasteiger partial charge in [-0.3, -0.25) is 0 Å². The fourth-order valence-electron chi connectivity index (χ4n) is 4.01. The van der Waals surface area contributed by atoms with Crippen molar-refractivity contribution >= 4 is 35.8 Å². The molecular formula is C36H72O4Sn. The van der Waals surface area contributed by atoms with Gasteiger partial charge in [-0.15, -0.1) is 0 Å². The third-order valence-electron chi connectivity index (χ3n) is 6.68. The Balaban J connectivity index is -0.000000142. The molecule has 4 nitrogen and oxygen atoms in total. The average Bonchev–Trinajstić information content (AvgIpc) is 2.93. The Bertz CT molecular complexity index is 391. The predicted octanol–water partition coefficient (Wildman–Crippen LogP) is 9.74.